The number of aromatic nitrogens is 4. The van der Waals surface area contributed by atoms with Crippen molar-refractivity contribution in [3.8, 4) is 11.4 Å². The van der Waals surface area contributed by atoms with Crippen molar-refractivity contribution in [2.45, 2.75) is 26.9 Å². The number of benzene rings is 4. The Bertz CT molecular complexity index is 1970. The molecule has 0 aliphatic rings. The van der Waals surface area contributed by atoms with E-state index in [4.69, 9.17) is 0 Å². The van der Waals surface area contributed by atoms with Gasteiger partial charge in [-0.05, 0) is 12.1 Å². The van der Waals surface area contributed by atoms with Crippen LogP contribution in [-0.2, 0) is 23.3 Å². The zero-order valence-corrected chi connectivity index (χ0v) is 30.1. The summed E-state index contributed by atoms with van der Waals surface area (Å²) in [5.41, 5.74) is 7.13. The van der Waals surface area contributed by atoms with E-state index in [1.807, 2.05) is 45.8 Å². The molecule has 4 nitrogen and oxygen atoms in total. The van der Waals surface area contributed by atoms with Gasteiger partial charge in [0.2, 0.25) is 0 Å². The van der Waals surface area contributed by atoms with Gasteiger partial charge in [0.15, 0.2) is 0 Å². The second kappa shape index (κ2) is 14.7. The average molecular weight is 711 g/mol. The predicted octanol–water partition coefficient (Wildman–Crippen LogP) is 3.20. The molecule has 0 aliphatic heterocycles. The van der Waals surface area contributed by atoms with Crippen LogP contribution in [0.25, 0.3) is 54.7 Å². The van der Waals surface area contributed by atoms with Crippen LogP contribution in [0, 0.1) is 13.8 Å². The van der Waals surface area contributed by atoms with Crippen LogP contribution < -0.4 is 24.8 Å². The number of rotatable bonds is 2. The molecule has 8 rings (SSSR count). The first-order valence-corrected chi connectivity index (χ1v) is 20.3. The number of nitrogens with zero attached hydrogens (tertiary/aromatic N) is 4. The Hall–Kier alpha value is -3.28. The molecule has 2 heterocycles. The van der Waals surface area contributed by atoms with Crippen LogP contribution in [-0.4, -0.2) is 25.0 Å². The quantitative estimate of drug-likeness (QED) is 0.204. The van der Waals surface area contributed by atoms with Gasteiger partial charge in [-0.2, -0.15) is 22.3 Å². The van der Waals surface area contributed by atoms with Crippen molar-refractivity contribution in [2.24, 2.45) is 0 Å². The first-order chi connectivity index (χ1) is 20.4. The summed E-state index contributed by atoms with van der Waals surface area (Å²) in [6, 6.07) is 38.0. The van der Waals surface area contributed by atoms with Gasteiger partial charge in [0.1, 0.15) is 0 Å². The third-order valence-electron chi connectivity index (χ3n) is 7.06. The van der Waals surface area contributed by atoms with Crippen LogP contribution >= 0.6 is 0 Å². The van der Waals surface area contributed by atoms with Crippen LogP contribution in [0.3, 0.4) is 0 Å². The van der Waals surface area contributed by atoms with Crippen LogP contribution in [0.1, 0.15) is 11.1 Å². The zero-order valence-electron chi connectivity index (χ0n) is 25.1. The molecular weight excluding hydrogens is 679 g/mol. The monoisotopic (exact) mass is 708 g/mol. The van der Waals surface area contributed by atoms with Crippen molar-refractivity contribution in [3.05, 3.63) is 133 Å². The standard InChI is InChI=1S/2C17H13N2.C2H6Si.2ClH.Zr/c2*1-12-9-13-6-4-8-17(15(13)10-12)19-11-14-5-2-3-7-16(14)18-19;1-3-2;;;/h2*2-11H,1H3;1-2H3;2*1H;/q2*-1;;;;+2/p-2. The molecule has 0 aliphatic carbocycles. The minimum atomic E-state index is 0. The first kappa shape index (κ1) is 33.6. The Morgan fingerprint density at radius 3 is 1.36 bits per heavy atom. The number of halogens is 2. The number of hydrogen-bond donors (Lipinski definition) is 0. The molecule has 6 aromatic carbocycles. The summed E-state index contributed by atoms with van der Waals surface area (Å²) in [5, 5.41) is 16.7. The molecule has 0 fully saturated rings. The van der Waals surface area contributed by atoms with Gasteiger partial charge in [-0.15, -0.1) is 69.1 Å². The topological polar surface area (TPSA) is 35.6 Å². The summed E-state index contributed by atoms with van der Waals surface area (Å²) < 4.78 is 3.96. The van der Waals surface area contributed by atoms with E-state index in [0.717, 1.165) is 22.4 Å². The van der Waals surface area contributed by atoms with E-state index in [9.17, 15) is 0 Å². The fourth-order valence-corrected chi connectivity index (χ4v) is 5.31. The van der Waals surface area contributed by atoms with Crippen molar-refractivity contribution >= 4 is 48.8 Å². The molecule has 8 heteroatoms. The van der Waals surface area contributed by atoms with Gasteiger partial charge >= 0.3 is 41.9 Å². The van der Waals surface area contributed by atoms with Gasteiger partial charge in [0, 0.05) is 34.5 Å². The maximum atomic E-state index is 4.66. The van der Waals surface area contributed by atoms with Gasteiger partial charge in [-0.1, -0.05) is 62.4 Å². The minimum Gasteiger partial charge on any atom is -1.00 e. The Morgan fingerprint density at radius 1 is 0.591 bits per heavy atom. The van der Waals surface area contributed by atoms with E-state index in [1.54, 1.807) is 23.3 Å². The molecule has 0 radical (unpaired) electrons. The smallest absolute Gasteiger partial charge is 0.0927 e. The van der Waals surface area contributed by atoms with E-state index in [0.29, 0.717) is 0 Å². The van der Waals surface area contributed by atoms with E-state index >= 15 is 0 Å². The van der Waals surface area contributed by atoms with E-state index in [2.05, 4.69) is 122 Å². The molecule has 0 unspecified atom stereocenters. The molecule has 2 aromatic heterocycles. The Morgan fingerprint density at radius 2 is 0.977 bits per heavy atom. The molecule has 8 aromatic rings. The Balaban J connectivity index is 0.000000172. The van der Waals surface area contributed by atoms with E-state index in [1.165, 1.54) is 43.4 Å². The summed E-state index contributed by atoms with van der Waals surface area (Å²) >= 11 is 1.74. The maximum Gasteiger partial charge on any atom is 0.0927 e. The van der Waals surface area contributed by atoms with Gasteiger partial charge in [0.25, 0.3) is 0 Å². The summed E-state index contributed by atoms with van der Waals surface area (Å²) in [7, 11) is 0. The van der Waals surface area contributed by atoms with Crippen molar-refractivity contribution in [1.82, 2.24) is 19.6 Å². The van der Waals surface area contributed by atoms with Gasteiger partial charge in [-0.25, -0.2) is 9.36 Å². The molecule has 44 heavy (non-hydrogen) atoms. The normalized spacial score (nSPS) is 10.5. The SMILES string of the molecule is C[Si](C)=[Zr+2].Cc1cc2c(-n3cc4ccccc4n3)cccc2[cH-]1.Cc1cc2c(-n3cc4ccccc4n3)cccc2[cH-]1.[Cl-].[Cl-]. The van der Waals surface area contributed by atoms with Crippen LogP contribution in [0.4, 0.5) is 0 Å². The second-order valence-electron chi connectivity index (χ2n) is 10.9. The average Bonchev–Trinajstić information content (AvgIpc) is 3.75. The third kappa shape index (κ3) is 7.33. The molecule has 0 N–H and O–H groups in total. The fourth-order valence-electron chi connectivity index (χ4n) is 5.31. The second-order valence-corrected chi connectivity index (χ2v) is 20.3. The minimum absolute atomic E-state index is 0. The summed E-state index contributed by atoms with van der Waals surface area (Å²) in [6.07, 6.45) is 4.18. The van der Waals surface area contributed by atoms with Gasteiger partial charge in [-0.3, -0.25) is 0 Å². The third-order valence-corrected chi connectivity index (χ3v) is 7.06. The summed E-state index contributed by atoms with van der Waals surface area (Å²) in [5.74, 6) is 0. The Kier molecular flexibility index (Phi) is 11.2. The largest absolute Gasteiger partial charge is 1.00 e. The van der Waals surface area contributed by atoms with Crippen LogP contribution in [0.2, 0.25) is 13.1 Å². The van der Waals surface area contributed by atoms with Crippen molar-refractivity contribution in [2.75, 3.05) is 0 Å². The van der Waals surface area contributed by atoms with Gasteiger partial charge < -0.3 is 24.8 Å². The number of aryl methyl sites for hydroxylation is 2. The summed E-state index contributed by atoms with van der Waals surface area (Å²) in [6.45, 7) is 8.87. The zero-order chi connectivity index (χ0) is 29.2. The first-order valence-electron chi connectivity index (χ1n) is 14.1. The fraction of sp³-hybridized carbons (Fsp3) is 0.111. The molecule has 0 atom stereocenters. The molecule has 220 valence electrons. The molecular formula is C36H32Cl2N4SiZr-2. The molecule has 0 spiro atoms. The predicted molar refractivity (Wildman–Crippen MR) is 175 cm³/mol. The molecule has 0 saturated carbocycles. The van der Waals surface area contributed by atoms with Crippen molar-refractivity contribution < 1.29 is 48.1 Å². The van der Waals surface area contributed by atoms with Crippen molar-refractivity contribution in [3.63, 3.8) is 0 Å². The van der Waals surface area contributed by atoms with E-state index < -0.39 is 0 Å². The van der Waals surface area contributed by atoms with E-state index in [-0.39, 0.29) is 30.2 Å². The molecule has 0 bridgehead atoms. The molecule has 0 amide bonds. The summed E-state index contributed by atoms with van der Waals surface area (Å²) in [4.78, 5) is 0. The number of fused-ring (bicyclic) bond motifs is 4. The van der Waals surface area contributed by atoms with Crippen molar-refractivity contribution in [1.29, 1.82) is 0 Å². The maximum absolute atomic E-state index is 4.66. The van der Waals surface area contributed by atoms with Crippen LogP contribution in [0.15, 0.2) is 122 Å². The Labute approximate surface area is 285 Å². The van der Waals surface area contributed by atoms with Crippen LogP contribution in [0.5, 0.6) is 0 Å². The van der Waals surface area contributed by atoms with Gasteiger partial charge in [0.05, 0.1) is 11.0 Å². The number of hydrogen-bond acceptors (Lipinski definition) is 2. The molecule has 0 saturated heterocycles.